The zero-order valence-electron chi connectivity index (χ0n) is 15.6. The van der Waals surface area contributed by atoms with E-state index in [9.17, 15) is 13.2 Å². The van der Waals surface area contributed by atoms with E-state index in [-0.39, 0.29) is 30.5 Å². The fourth-order valence-electron chi connectivity index (χ4n) is 2.12. The molecule has 0 saturated heterocycles. The van der Waals surface area contributed by atoms with Gasteiger partial charge in [0.25, 0.3) is 0 Å². The predicted molar refractivity (Wildman–Crippen MR) is 118 cm³/mol. The first kappa shape index (κ1) is 24.2. The Labute approximate surface area is 184 Å². The van der Waals surface area contributed by atoms with E-state index in [1.54, 1.807) is 17.4 Å². The highest BCUT2D eigenvalue weighted by Crippen LogP contribution is 2.29. The summed E-state index contributed by atoms with van der Waals surface area (Å²) in [4.78, 5) is 9.98. The van der Waals surface area contributed by atoms with Crippen LogP contribution >= 0.6 is 35.3 Å². The lowest BCUT2D eigenvalue weighted by atomic mass is 10.1. The average Bonchev–Trinajstić information content (AvgIpc) is 3.11. The van der Waals surface area contributed by atoms with E-state index in [1.165, 1.54) is 10.9 Å². The normalized spacial score (nSPS) is 11.2. The molecule has 0 amide bonds. The number of nitrogens with zero attached hydrogens (tertiary/aromatic N) is 2. The maximum atomic E-state index is 12.7. The van der Waals surface area contributed by atoms with Gasteiger partial charge in [0, 0.05) is 23.2 Å². The lowest BCUT2D eigenvalue weighted by Crippen LogP contribution is -2.37. The Hall–Kier alpha value is -1.80. The molecule has 0 atom stereocenters. The molecule has 1 heterocycles. The molecule has 28 heavy (non-hydrogen) atoms. The Balaban J connectivity index is 0.00000392. The second kappa shape index (κ2) is 11.9. The number of alkyl halides is 3. The van der Waals surface area contributed by atoms with Crippen molar-refractivity contribution < 1.29 is 13.2 Å². The van der Waals surface area contributed by atoms with Crippen LogP contribution in [0.4, 0.5) is 13.2 Å². The molecule has 2 aromatic rings. The number of thiazole rings is 1. The summed E-state index contributed by atoms with van der Waals surface area (Å²) in [5.41, 5.74) is -0.379. The first-order chi connectivity index (χ1) is 12.9. The van der Waals surface area contributed by atoms with Crippen LogP contribution in [-0.4, -0.2) is 24.0 Å². The summed E-state index contributed by atoms with van der Waals surface area (Å²) >= 11 is 1.63. The summed E-state index contributed by atoms with van der Waals surface area (Å²) < 4.78 is 38.1. The van der Waals surface area contributed by atoms with E-state index < -0.39 is 11.7 Å². The van der Waals surface area contributed by atoms with Crippen LogP contribution in [0.3, 0.4) is 0 Å². The molecule has 0 bridgehead atoms. The highest BCUT2D eigenvalue weighted by atomic mass is 127. The zero-order chi connectivity index (χ0) is 19.7. The second-order valence-corrected chi connectivity index (χ2v) is 6.70. The van der Waals surface area contributed by atoms with Gasteiger partial charge in [-0.25, -0.2) is 9.98 Å². The molecule has 0 aliphatic heterocycles. The van der Waals surface area contributed by atoms with Crippen molar-refractivity contribution in [2.45, 2.75) is 33.0 Å². The zero-order valence-corrected chi connectivity index (χ0v) is 18.7. The van der Waals surface area contributed by atoms with Gasteiger partial charge in [0.2, 0.25) is 0 Å². The van der Waals surface area contributed by atoms with Crippen molar-refractivity contribution >= 4 is 41.3 Å². The highest BCUT2D eigenvalue weighted by Gasteiger charge is 2.30. The molecule has 0 unspecified atom stereocenters. The third-order valence-corrected chi connectivity index (χ3v) is 4.56. The Morgan fingerprint density at radius 3 is 2.68 bits per heavy atom. The molecular weight excluding hydrogens is 500 g/mol. The first-order valence-corrected chi connectivity index (χ1v) is 9.36. The maximum absolute atomic E-state index is 12.7. The standard InChI is InChI=1S/C19H21F3N4S.HI/c1-3-16-12-25-17(27-16)13-26-18(23-4-2)24-10-6-8-14-7-5-9-15(11-14)19(20,21)22;/h5,7,9,11-12H,3-4,10,13H2,1-2H3,(H2,23,24,26);1H. The van der Waals surface area contributed by atoms with Gasteiger partial charge in [-0.15, -0.1) is 35.3 Å². The number of aliphatic imine (C=N–C) groups is 1. The molecule has 0 saturated carbocycles. The van der Waals surface area contributed by atoms with Gasteiger partial charge < -0.3 is 10.6 Å². The van der Waals surface area contributed by atoms with Crippen LogP contribution in [0.15, 0.2) is 35.5 Å². The van der Waals surface area contributed by atoms with Crippen LogP contribution in [0.25, 0.3) is 0 Å². The van der Waals surface area contributed by atoms with E-state index in [0.29, 0.717) is 24.6 Å². The molecule has 2 rings (SSSR count). The molecule has 2 N–H and O–H groups in total. The third-order valence-electron chi connectivity index (χ3n) is 3.43. The van der Waals surface area contributed by atoms with Crippen molar-refractivity contribution in [3.05, 3.63) is 51.5 Å². The molecule has 1 aromatic heterocycles. The third kappa shape index (κ3) is 8.06. The van der Waals surface area contributed by atoms with E-state index >= 15 is 0 Å². The number of halogens is 4. The Bertz CT molecular complexity index is 837. The number of nitrogens with one attached hydrogen (secondary N) is 2. The topological polar surface area (TPSA) is 49.3 Å². The first-order valence-electron chi connectivity index (χ1n) is 8.54. The number of guanidine groups is 1. The van der Waals surface area contributed by atoms with Gasteiger partial charge >= 0.3 is 6.18 Å². The van der Waals surface area contributed by atoms with E-state index in [2.05, 4.69) is 39.4 Å². The molecule has 0 aliphatic carbocycles. The molecule has 152 valence electrons. The molecule has 0 spiro atoms. The van der Waals surface area contributed by atoms with Crippen LogP contribution < -0.4 is 10.6 Å². The highest BCUT2D eigenvalue weighted by molar-refractivity contribution is 14.0. The van der Waals surface area contributed by atoms with Gasteiger partial charge in [0.1, 0.15) is 5.01 Å². The number of benzene rings is 1. The van der Waals surface area contributed by atoms with Crippen molar-refractivity contribution in [1.82, 2.24) is 15.6 Å². The monoisotopic (exact) mass is 522 g/mol. The Morgan fingerprint density at radius 2 is 2.04 bits per heavy atom. The number of aromatic nitrogens is 1. The Morgan fingerprint density at radius 1 is 1.25 bits per heavy atom. The minimum atomic E-state index is -4.37. The maximum Gasteiger partial charge on any atom is 0.416 e. The number of hydrogen-bond donors (Lipinski definition) is 2. The SMILES string of the molecule is CCNC(=NCc1ncc(CC)s1)NCC#Cc1cccc(C(F)(F)F)c1.I. The molecule has 4 nitrogen and oxygen atoms in total. The Kier molecular flexibility index (Phi) is 10.3. The van der Waals surface area contributed by atoms with Crippen LogP contribution in [0, 0.1) is 11.8 Å². The van der Waals surface area contributed by atoms with Crippen molar-refractivity contribution in [3.63, 3.8) is 0 Å². The van der Waals surface area contributed by atoms with Crippen LogP contribution in [-0.2, 0) is 19.1 Å². The summed E-state index contributed by atoms with van der Waals surface area (Å²) in [6.45, 7) is 5.44. The van der Waals surface area contributed by atoms with E-state index in [4.69, 9.17) is 0 Å². The molecule has 0 fully saturated rings. The molecule has 9 heteroatoms. The molecular formula is C19H22F3IN4S. The van der Waals surface area contributed by atoms with Gasteiger partial charge in [-0.05, 0) is 31.5 Å². The summed E-state index contributed by atoms with van der Waals surface area (Å²) in [5, 5.41) is 7.08. The predicted octanol–water partition coefficient (Wildman–Crippen LogP) is 4.45. The van der Waals surface area contributed by atoms with Gasteiger partial charge in [-0.3, -0.25) is 0 Å². The minimum absolute atomic E-state index is 0. The fraction of sp³-hybridized carbons (Fsp3) is 0.368. The van der Waals surface area contributed by atoms with Gasteiger partial charge in [-0.1, -0.05) is 24.8 Å². The second-order valence-electron chi connectivity index (χ2n) is 5.50. The smallest absolute Gasteiger partial charge is 0.357 e. The van der Waals surface area contributed by atoms with Crippen LogP contribution in [0.5, 0.6) is 0 Å². The summed E-state index contributed by atoms with van der Waals surface area (Å²) in [6.07, 6.45) is -1.56. The van der Waals surface area contributed by atoms with Crippen LogP contribution in [0.1, 0.15) is 34.9 Å². The summed E-state index contributed by atoms with van der Waals surface area (Å²) in [7, 11) is 0. The average molecular weight is 522 g/mol. The van der Waals surface area contributed by atoms with Crippen molar-refractivity contribution in [3.8, 4) is 11.8 Å². The lowest BCUT2D eigenvalue weighted by Gasteiger charge is -2.08. The molecule has 0 aliphatic rings. The van der Waals surface area contributed by atoms with Crippen molar-refractivity contribution in [2.75, 3.05) is 13.1 Å². The number of aryl methyl sites for hydroxylation is 1. The van der Waals surface area contributed by atoms with Crippen molar-refractivity contribution in [1.29, 1.82) is 0 Å². The lowest BCUT2D eigenvalue weighted by molar-refractivity contribution is -0.137. The summed E-state index contributed by atoms with van der Waals surface area (Å²) in [5.74, 6) is 6.14. The van der Waals surface area contributed by atoms with E-state index in [0.717, 1.165) is 23.6 Å². The minimum Gasteiger partial charge on any atom is -0.357 e. The van der Waals surface area contributed by atoms with Crippen LogP contribution in [0.2, 0.25) is 0 Å². The fourth-order valence-corrected chi connectivity index (χ4v) is 2.91. The van der Waals surface area contributed by atoms with E-state index in [1.807, 2.05) is 13.1 Å². The number of hydrogen-bond acceptors (Lipinski definition) is 3. The number of rotatable bonds is 5. The van der Waals surface area contributed by atoms with Crippen molar-refractivity contribution in [2.24, 2.45) is 4.99 Å². The quantitative estimate of drug-likeness (QED) is 0.264. The largest absolute Gasteiger partial charge is 0.416 e. The molecule has 0 radical (unpaired) electrons. The van der Waals surface area contributed by atoms with Gasteiger partial charge in [0.05, 0.1) is 18.7 Å². The van der Waals surface area contributed by atoms with Gasteiger partial charge in [0.15, 0.2) is 5.96 Å². The summed E-state index contributed by atoms with van der Waals surface area (Å²) in [6, 6.07) is 4.97. The molecule has 1 aromatic carbocycles. The van der Waals surface area contributed by atoms with Gasteiger partial charge in [-0.2, -0.15) is 13.2 Å².